The van der Waals surface area contributed by atoms with Crippen molar-refractivity contribution in [2.75, 3.05) is 0 Å². The Morgan fingerprint density at radius 1 is 1.33 bits per heavy atom. The molecule has 0 saturated heterocycles. The Bertz CT molecular complexity index is 408. The molecule has 15 heavy (non-hydrogen) atoms. The van der Waals surface area contributed by atoms with Crippen molar-refractivity contribution in [2.45, 2.75) is 13.1 Å². The highest BCUT2D eigenvalue weighted by atomic mass is 15.0. The third kappa shape index (κ3) is 2.63. The summed E-state index contributed by atoms with van der Waals surface area (Å²) in [6.07, 6.45) is 5.37. The fraction of sp³-hybridized carbons (Fsp3) is 0.273. The number of nitrogens with zero attached hydrogens (tertiary/aromatic N) is 3. The zero-order chi connectivity index (χ0) is 10.5. The Balaban J connectivity index is 1.83. The van der Waals surface area contributed by atoms with Gasteiger partial charge in [-0.15, -0.1) is 0 Å². The van der Waals surface area contributed by atoms with Gasteiger partial charge < -0.3 is 9.88 Å². The van der Waals surface area contributed by atoms with Crippen molar-refractivity contribution in [3.63, 3.8) is 0 Å². The van der Waals surface area contributed by atoms with Gasteiger partial charge in [-0.3, -0.25) is 0 Å². The highest BCUT2D eigenvalue weighted by Gasteiger charge is 1.97. The number of rotatable bonds is 4. The molecular formula is C11H14N4. The quantitative estimate of drug-likeness (QED) is 0.807. The molecular weight excluding hydrogens is 188 g/mol. The smallest absolute Gasteiger partial charge is 0.115 e. The Labute approximate surface area is 89.0 Å². The predicted octanol–water partition coefficient (Wildman–Crippen LogP) is 1.10. The number of hydrogen-bond donors (Lipinski definition) is 1. The van der Waals surface area contributed by atoms with E-state index in [0.29, 0.717) is 0 Å². The first kappa shape index (κ1) is 9.86. The largest absolute Gasteiger partial charge is 0.353 e. The Hall–Kier alpha value is -1.68. The minimum Gasteiger partial charge on any atom is -0.353 e. The van der Waals surface area contributed by atoms with Crippen molar-refractivity contribution in [3.05, 3.63) is 48.3 Å². The SMILES string of the molecule is Cn1cccc1CNCc1ccncn1. The number of aryl methyl sites for hydroxylation is 1. The number of hydrogen-bond acceptors (Lipinski definition) is 3. The van der Waals surface area contributed by atoms with Gasteiger partial charge in [0, 0.05) is 38.2 Å². The van der Waals surface area contributed by atoms with Crippen LogP contribution in [0.5, 0.6) is 0 Å². The van der Waals surface area contributed by atoms with Crippen LogP contribution in [0.4, 0.5) is 0 Å². The summed E-state index contributed by atoms with van der Waals surface area (Å²) >= 11 is 0. The van der Waals surface area contributed by atoms with Crippen molar-refractivity contribution in [1.29, 1.82) is 0 Å². The first-order chi connectivity index (χ1) is 7.36. The lowest BCUT2D eigenvalue weighted by Gasteiger charge is -2.05. The molecule has 0 unspecified atom stereocenters. The van der Waals surface area contributed by atoms with E-state index in [4.69, 9.17) is 0 Å². The van der Waals surface area contributed by atoms with Crippen LogP contribution >= 0.6 is 0 Å². The van der Waals surface area contributed by atoms with Crippen LogP contribution in [0.15, 0.2) is 36.9 Å². The molecule has 1 N–H and O–H groups in total. The summed E-state index contributed by atoms with van der Waals surface area (Å²) in [4.78, 5) is 8.01. The van der Waals surface area contributed by atoms with Gasteiger partial charge in [0.25, 0.3) is 0 Å². The summed E-state index contributed by atoms with van der Waals surface area (Å²) in [5.74, 6) is 0. The van der Waals surface area contributed by atoms with Crippen LogP contribution in [-0.4, -0.2) is 14.5 Å². The zero-order valence-corrected chi connectivity index (χ0v) is 8.72. The number of nitrogens with one attached hydrogen (secondary N) is 1. The second-order valence-electron chi connectivity index (χ2n) is 3.41. The highest BCUT2D eigenvalue weighted by Crippen LogP contribution is 1.99. The molecule has 2 aromatic heterocycles. The molecule has 78 valence electrons. The molecule has 2 rings (SSSR count). The summed E-state index contributed by atoms with van der Waals surface area (Å²) in [6, 6.07) is 6.06. The van der Waals surface area contributed by atoms with E-state index in [2.05, 4.69) is 25.9 Å². The lowest BCUT2D eigenvalue weighted by Crippen LogP contribution is -2.15. The van der Waals surface area contributed by atoms with Gasteiger partial charge in [0.05, 0.1) is 5.69 Å². The van der Waals surface area contributed by atoms with E-state index < -0.39 is 0 Å². The molecule has 4 heteroatoms. The topological polar surface area (TPSA) is 42.7 Å². The van der Waals surface area contributed by atoms with Crippen molar-refractivity contribution in [3.8, 4) is 0 Å². The summed E-state index contributed by atoms with van der Waals surface area (Å²) in [5.41, 5.74) is 2.28. The first-order valence-electron chi connectivity index (χ1n) is 4.92. The van der Waals surface area contributed by atoms with Crippen molar-refractivity contribution < 1.29 is 0 Å². The highest BCUT2D eigenvalue weighted by molar-refractivity contribution is 5.06. The first-order valence-corrected chi connectivity index (χ1v) is 4.92. The molecule has 0 radical (unpaired) electrons. The maximum absolute atomic E-state index is 4.14. The lowest BCUT2D eigenvalue weighted by atomic mass is 10.3. The lowest BCUT2D eigenvalue weighted by molar-refractivity contribution is 0.644. The summed E-state index contributed by atoms with van der Waals surface area (Å²) in [7, 11) is 2.04. The minimum atomic E-state index is 0.772. The van der Waals surface area contributed by atoms with Crippen LogP contribution in [0.25, 0.3) is 0 Å². The molecule has 0 aliphatic carbocycles. The molecule has 0 spiro atoms. The molecule has 2 heterocycles. The van der Waals surface area contributed by atoms with E-state index in [1.165, 1.54) is 5.69 Å². The summed E-state index contributed by atoms with van der Waals surface area (Å²) in [5, 5.41) is 3.33. The molecule has 0 bridgehead atoms. The molecule has 2 aromatic rings. The minimum absolute atomic E-state index is 0.772. The van der Waals surface area contributed by atoms with E-state index in [0.717, 1.165) is 18.8 Å². The van der Waals surface area contributed by atoms with Crippen LogP contribution in [0.3, 0.4) is 0 Å². The van der Waals surface area contributed by atoms with Gasteiger partial charge in [0.2, 0.25) is 0 Å². The normalized spacial score (nSPS) is 10.5. The van der Waals surface area contributed by atoms with Gasteiger partial charge >= 0.3 is 0 Å². The second kappa shape index (κ2) is 4.70. The van der Waals surface area contributed by atoms with E-state index in [9.17, 15) is 0 Å². The maximum Gasteiger partial charge on any atom is 0.115 e. The third-order valence-electron chi connectivity index (χ3n) is 2.31. The van der Waals surface area contributed by atoms with Crippen molar-refractivity contribution in [2.24, 2.45) is 7.05 Å². The van der Waals surface area contributed by atoms with Gasteiger partial charge in [-0.25, -0.2) is 9.97 Å². The molecule has 4 nitrogen and oxygen atoms in total. The molecule has 0 amide bonds. The van der Waals surface area contributed by atoms with Crippen molar-refractivity contribution >= 4 is 0 Å². The fourth-order valence-corrected chi connectivity index (χ4v) is 1.42. The second-order valence-corrected chi connectivity index (χ2v) is 3.41. The molecule has 0 aliphatic rings. The monoisotopic (exact) mass is 202 g/mol. The third-order valence-corrected chi connectivity index (χ3v) is 2.31. The van der Waals surface area contributed by atoms with Crippen LogP contribution in [0, 0.1) is 0 Å². The van der Waals surface area contributed by atoms with Gasteiger partial charge in [0.1, 0.15) is 6.33 Å². The summed E-state index contributed by atoms with van der Waals surface area (Å²) in [6.45, 7) is 1.63. The Kier molecular flexibility index (Phi) is 3.09. The zero-order valence-electron chi connectivity index (χ0n) is 8.72. The molecule has 0 aliphatic heterocycles. The summed E-state index contributed by atoms with van der Waals surface area (Å²) < 4.78 is 2.10. The fourth-order valence-electron chi connectivity index (χ4n) is 1.42. The van der Waals surface area contributed by atoms with Crippen LogP contribution in [-0.2, 0) is 20.1 Å². The predicted molar refractivity (Wildman–Crippen MR) is 58.0 cm³/mol. The van der Waals surface area contributed by atoms with E-state index in [-0.39, 0.29) is 0 Å². The van der Waals surface area contributed by atoms with E-state index in [1.54, 1.807) is 12.5 Å². The average Bonchev–Trinajstić information content (AvgIpc) is 2.66. The van der Waals surface area contributed by atoms with Gasteiger partial charge in [-0.05, 0) is 18.2 Å². The van der Waals surface area contributed by atoms with Gasteiger partial charge in [0.15, 0.2) is 0 Å². The van der Waals surface area contributed by atoms with Crippen LogP contribution < -0.4 is 5.32 Å². The maximum atomic E-state index is 4.14. The van der Waals surface area contributed by atoms with Crippen LogP contribution in [0.1, 0.15) is 11.4 Å². The van der Waals surface area contributed by atoms with Gasteiger partial charge in [-0.1, -0.05) is 0 Å². The standard InChI is InChI=1S/C11H14N4/c1-15-6-2-3-11(15)8-13-7-10-4-5-12-9-14-10/h2-6,9,13H,7-8H2,1H3. The number of aromatic nitrogens is 3. The van der Waals surface area contributed by atoms with E-state index in [1.807, 2.05) is 25.4 Å². The molecule has 0 saturated carbocycles. The molecule has 0 atom stereocenters. The van der Waals surface area contributed by atoms with Crippen molar-refractivity contribution in [1.82, 2.24) is 19.9 Å². The Morgan fingerprint density at radius 2 is 2.27 bits per heavy atom. The van der Waals surface area contributed by atoms with E-state index >= 15 is 0 Å². The van der Waals surface area contributed by atoms with Gasteiger partial charge in [-0.2, -0.15) is 0 Å². The Morgan fingerprint density at radius 3 is 2.93 bits per heavy atom. The van der Waals surface area contributed by atoms with Crippen LogP contribution in [0.2, 0.25) is 0 Å². The average molecular weight is 202 g/mol. The molecule has 0 fully saturated rings. The molecule has 0 aromatic carbocycles.